The monoisotopic (exact) mass is 217 g/mol. The van der Waals surface area contributed by atoms with E-state index in [1.165, 1.54) is 16.7 Å². The van der Waals surface area contributed by atoms with Gasteiger partial charge in [-0.1, -0.05) is 39.8 Å². The highest BCUT2D eigenvalue weighted by atomic mass is 16.5. The molecule has 16 heavy (non-hydrogen) atoms. The lowest BCUT2D eigenvalue weighted by molar-refractivity contribution is 0.385. The van der Waals surface area contributed by atoms with Crippen LogP contribution < -0.4 is 4.74 Å². The van der Waals surface area contributed by atoms with Gasteiger partial charge in [-0.05, 0) is 17.0 Å². The topological polar surface area (TPSA) is 22.1 Å². The third-order valence-electron chi connectivity index (χ3n) is 3.24. The predicted octanol–water partition coefficient (Wildman–Crippen LogP) is 3.52. The zero-order valence-corrected chi connectivity index (χ0v) is 10.7. The summed E-state index contributed by atoms with van der Waals surface area (Å²) >= 11 is 0. The molecule has 2 rings (SSSR count). The highest BCUT2D eigenvalue weighted by molar-refractivity contribution is 5.70. The molecule has 0 N–H and O–H groups in total. The van der Waals surface area contributed by atoms with Crippen molar-refractivity contribution < 1.29 is 4.74 Å². The van der Waals surface area contributed by atoms with Crippen LogP contribution >= 0.6 is 0 Å². The van der Waals surface area contributed by atoms with E-state index in [0.29, 0.717) is 5.92 Å². The molecule has 0 saturated heterocycles. The van der Waals surface area contributed by atoms with Gasteiger partial charge in [-0.15, -0.1) is 0 Å². The Morgan fingerprint density at radius 2 is 2.00 bits per heavy atom. The van der Waals surface area contributed by atoms with Crippen molar-refractivity contribution in [1.82, 2.24) is 4.98 Å². The van der Waals surface area contributed by atoms with Gasteiger partial charge < -0.3 is 4.74 Å². The number of methoxy groups -OCH3 is 1. The van der Waals surface area contributed by atoms with E-state index in [4.69, 9.17) is 4.74 Å². The third kappa shape index (κ3) is 1.53. The summed E-state index contributed by atoms with van der Waals surface area (Å²) in [6.45, 7) is 8.79. The summed E-state index contributed by atoms with van der Waals surface area (Å²) in [7, 11) is 1.69. The molecule has 0 amide bonds. The summed E-state index contributed by atoms with van der Waals surface area (Å²) in [6.07, 6.45) is 6.37. The zero-order valence-electron chi connectivity index (χ0n) is 10.7. The Morgan fingerprint density at radius 3 is 2.56 bits per heavy atom. The maximum Gasteiger partial charge on any atom is 0.217 e. The fourth-order valence-electron chi connectivity index (χ4n) is 2.31. The predicted molar refractivity (Wildman–Crippen MR) is 66.9 cm³/mol. The highest BCUT2D eigenvalue weighted by Gasteiger charge is 2.31. The number of rotatable bonds is 2. The molecule has 0 unspecified atom stereocenters. The van der Waals surface area contributed by atoms with E-state index in [1.807, 2.05) is 6.20 Å². The zero-order chi connectivity index (χ0) is 11.9. The van der Waals surface area contributed by atoms with Gasteiger partial charge in [0.05, 0.1) is 7.11 Å². The summed E-state index contributed by atoms with van der Waals surface area (Å²) in [5.74, 6) is 1.25. The molecule has 0 spiro atoms. The highest BCUT2D eigenvalue weighted by Crippen LogP contribution is 2.43. The van der Waals surface area contributed by atoms with Gasteiger partial charge in [-0.3, -0.25) is 0 Å². The average Bonchev–Trinajstić information content (AvgIpc) is 2.54. The van der Waals surface area contributed by atoms with Crippen LogP contribution in [-0.4, -0.2) is 12.1 Å². The van der Waals surface area contributed by atoms with E-state index in [2.05, 4.69) is 44.8 Å². The van der Waals surface area contributed by atoms with Crippen LogP contribution in [0, 0.1) is 0 Å². The second-order valence-electron chi connectivity index (χ2n) is 5.22. The van der Waals surface area contributed by atoms with E-state index in [1.54, 1.807) is 7.11 Å². The van der Waals surface area contributed by atoms with Crippen molar-refractivity contribution in [3.63, 3.8) is 0 Å². The molecular formula is C14H19NO. The molecule has 1 aliphatic rings. The van der Waals surface area contributed by atoms with Gasteiger partial charge in [0, 0.05) is 17.2 Å². The molecule has 0 radical (unpaired) electrons. The van der Waals surface area contributed by atoms with Crippen LogP contribution in [0.25, 0.3) is 6.08 Å². The number of fused-ring (bicyclic) bond motifs is 1. The Labute approximate surface area is 97.4 Å². The van der Waals surface area contributed by atoms with E-state index in [-0.39, 0.29) is 5.41 Å². The van der Waals surface area contributed by atoms with Crippen LogP contribution in [0.4, 0.5) is 0 Å². The average molecular weight is 217 g/mol. The first-order chi connectivity index (χ1) is 7.47. The van der Waals surface area contributed by atoms with Crippen LogP contribution in [-0.2, 0) is 5.41 Å². The molecule has 0 bridgehead atoms. The Morgan fingerprint density at radius 1 is 1.31 bits per heavy atom. The molecule has 1 aromatic rings. The van der Waals surface area contributed by atoms with Crippen molar-refractivity contribution in [3.05, 3.63) is 29.0 Å². The van der Waals surface area contributed by atoms with E-state index >= 15 is 0 Å². The van der Waals surface area contributed by atoms with Gasteiger partial charge in [0.25, 0.3) is 0 Å². The Hall–Kier alpha value is -1.31. The maximum atomic E-state index is 5.38. The number of aromatic nitrogens is 1. The number of hydrogen-bond acceptors (Lipinski definition) is 2. The minimum atomic E-state index is 0.0264. The molecule has 1 heterocycles. The van der Waals surface area contributed by atoms with Gasteiger partial charge >= 0.3 is 0 Å². The smallest absolute Gasteiger partial charge is 0.217 e. The normalized spacial score (nSPS) is 16.6. The van der Waals surface area contributed by atoms with Gasteiger partial charge in [0.1, 0.15) is 0 Å². The van der Waals surface area contributed by atoms with Crippen molar-refractivity contribution in [3.8, 4) is 5.88 Å². The minimum absolute atomic E-state index is 0.0264. The molecule has 0 saturated carbocycles. The van der Waals surface area contributed by atoms with Crippen LogP contribution in [0.3, 0.4) is 0 Å². The summed E-state index contributed by atoms with van der Waals surface area (Å²) < 4.78 is 5.38. The minimum Gasteiger partial charge on any atom is -0.481 e. The molecule has 0 fully saturated rings. The SMILES string of the molecule is COc1ncc(C(C)C)c2c1C(C)(C)C=C2. The van der Waals surface area contributed by atoms with Crippen molar-refractivity contribution in [2.24, 2.45) is 0 Å². The summed E-state index contributed by atoms with van der Waals surface area (Å²) in [6, 6.07) is 0. The van der Waals surface area contributed by atoms with Crippen molar-refractivity contribution >= 4 is 6.08 Å². The van der Waals surface area contributed by atoms with E-state index < -0.39 is 0 Å². The first-order valence-corrected chi connectivity index (χ1v) is 5.74. The molecule has 0 aliphatic heterocycles. The van der Waals surface area contributed by atoms with Crippen molar-refractivity contribution in [2.45, 2.75) is 39.0 Å². The molecule has 1 aliphatic carbocycles. The molecule has 86 valence electrons. The number of allylic oxidation sites excluding steroid dienone is 1. The molecule has 2 nitrogen and oxygen atoms in total. The number of nitrogens with zero attached hydrogens (tertiary/aromatic N) is 1. The second kappa shape index (κ2) is 3.62. The Bertz CT molecular complexity index is 444. The fraction of sp³-hybridized carbons (Fsp3) is 0.500. The first kappa shape index (κ1) is 11.2. The fourth-order valence-corrected chi connectivity index (χ4v) is 2.31. The van der Waals surface area contributed by atoms with Crippen molar-refractivity contribution in [1.29, 1.82) is 0 Å². The van der Waals surface area contributed by atoms with Gasteiger partial charge in [-0.25, -0.2) is 4.98 Å². The number of hydrogen-bond donors (Lipinski definition) is 0. The van der Waals surface area contributed by atoms with Gasteiger partial charge in [-0.2, -0.15) is 0 Å². The molecule has 2 heteroatoms. The summed E-state index contributed by atoms with van der Waals surface area (Å²) in [5.41, 5.74) is 3.85. The van der Waals surface area contributed by atoms with Crippen LogP contribution in [0.1, 0.15) is 50.3 Å². The van der Waals surface area contributed by atoms with Gasteiger partial charge in [0.2, 0.25) is 5.88 Å². The second-order valence-corrected chi connectivity index (χ2v) is 5.22. The van der Waals surface area contributed by atoms with Gasteiger partial charge in [0.15, 0.2) is 0 Å². The first-order valence-electron chi connectivity index (χ1n) is 5.74. The van der Waals surface area contributed by atoms with Crippen molar-refractivity contribution in [2.75, 3.05) is 7.11 Å². The van der Waals surface area contributed by atoms with Crippen LogP contribution in [0.5, 0.6) is 5.88 Å². The lowest BCUT2D eigenvalue weighted by Gasteiger charge is -2.22. The standard InChI is InChI=1S/C14H19NO/c1-9(2)11-8-15-13(16-5)12-10(11)6-7-14(12,3)4/h6-9H,1-5H3. The summed E-state index contributed by atoms with van der Waals surface area (Å²) in [5, 5.41) is 0. The van der Waals surface area contributed by atoms with E-state index in [9.17, 15) is 0 Å². The number of ether oxygens (including phenoxy) is 1. The molecule has 0 atom stereocenters. The quantitative estimate of drug-likeness (QED) is 0.756. The lowest BCUT2D eigenvalue weighted by Crippen LogP contribution is -2.14. The van der Waals surface area contributed by atoms with Crippen LogP contribution in [0.15, 0.2) is 12.3 Å². The van der Waals surface area contributed by atoms with E-state index in [0.717, 1.165) is 5.88 Å². The largest absolute Gasteiger partial charge is 0.481 e. The summed E-state index contributed by atoms with van der Waals surface area (Å²) in [4.78, 5) is 4.42. The van der Waals surface area contributed by atoms with Crippen LogP contribution in [0.2, 0.25) is 0 Å². The lowest BCUT2D eigenvalue weighted by atomic mass is 9.85. The molecule has 1 aromatic heterocycles. The maximum absolute atomic E-state index is 5.38. The molecule has 0 aromatic carbocycles. The molecular weight excluding hydrogens is 198 g/mol. The number of pyridine rings is 1. The third-order valence-corrected chi connectivity index (χ3v) is 3.24. The Kier molecular flexibility index (Phi) is 2.53. The Balaban J connectivity index is 2.68.